The molecule has 1 aliphatic heterocycles. The molecular weight excluding hydrogens is 200 g/mol. The van der Waals surface area contributed by atoms with Crippen molar-refractivity contribution >= 4 is 0 Å². The topological polar surface area (TPSA) is 38.5 Å². The van der Waals surface area contributed by atoms with Crippen LogP contribution in [0.3, 0.4) is 0 Å². The van der Waals surface area contributed by atoms with E-state index in [9.17, 15) is 0 Å². The van der Waals surface area contributed by atoms with Crippen molar-refractivity contribution in [1.29, 1.82) is 0 Å². The lowest BCUT2D eigenvalue weighted by Crippen LogP contribution is -2.29. The van der Waals surface area contributed by atoms with Crippen molar-refractivity contribution in [1.82, 2.24) is 4.90 Å². The van der Waals surface area contributed by atoms with E-state index in [0.717, 1.165) is 25.3 Å². The predicted octanol–water partition coefficient (Wildman–Crippen LogP) is 1.79. The Balaban J connectivity index is 2.16. The van der Waals surface area contributed by atoms with Crippen molar-refractivity contribution in [2.45, 2.75) is 25.4 Å². The maximum Gasteiger partial charge on any atom is 0.123 e. The fourth-order valence-corrected chi connectivity index (χ4v) is 2.38. The summed E-state index contributed by atoms with van der Waals surface area (Å²) in [4.78, 5) is 2.42. The number of nitrogens with two attached hydrogens (primary N) is 1. The molecule has 16 heavy (non-hydrogen) atoms. The Morgan fingerprint density at radius 2 is 2.19 bits per heavy atom. The Hall–Kier alpha value is -1.06. The maximum absolute atomic E-state index is 5.94. The number of para-hydroxylation sites is 1. The molecule has 2 N–H and O–H groups in total. The Labute approximate surface area is 97.2 Å². The Kier molecular flexibility index (Phi) is 3.46. The Bertz CT molecular complexity index is 354. The van der Waals surface area contributed by atoms with Crippen molar-refractivity contribution in [3.63, 3.8) is 0 Å². The van der Waals surface area contributed by atoms with Gasteiger partial charge in [-0.3, -0.25) is 4.90 Å². The zero-order valence-corrected chi connectivity index (χ0v) is 10.0. The second kappa shape index (κ2) is 4.85. The van der Waals surface area contributed by atoms with E-state index in [4.69, 9.17) is 10.5 Å². The van der Waals surface area contributed by atoms with Crippen molar-refractivity contribution in [3.05, 3.63) is 29.8 Å². The smallest absolute Gasteiger partial charge is 0.123 e. The molecule has 0 spiro atoms. The predicted molar refractivity (Wildman–Crippen MR) is 65.6 cm³/mol. The standard InChI is InChI=1S/C13H20N2O/c1-10(15-8-7-11(14)9-15)12-5-3-4-6-13(12)16-2/h3-6,10-11H,7-9,14H2,1-2H3/t10-,11-/m0/s1. The Morgan fingerprint density at radius 1 is 1.44 bits per heavy atom. The quantitative estimate of drug-likeness (QED) is 0.844. The van der Waals surface area contributed by atoms with E-state index in [2.05, 4.69) is 24.0 Å². The molecule has 3 heteroatoms. The number of ether oxygens (including phenoxy) is 1. The van der Waals surface area contributed by atoms with Gasteiger partial charge in [0.05, 0.1) is 7.11 Å². The zero-order valence-electron chi connectivity index (χ0n) is 10.0. The van der Waals surface area contributed by atoms with Crippen LogP contribution in [0.2, 0.25) is 0 Å². The van der Waals surface area contributed by atoms with E-state index >= 15 is 0 Å². The molecule has 1 aromatic carbocycles. The summed E-state index contributed by atoms with van der Waals surface area (Å²) in [6.07, 6.45) is 1.10. The molecule has 3 nitrogen and oxygen atoms in total. The second-order valence-corrected chi connectivity index (χ2v) is 4.46. The first-order chi connectivity index (χ1) is 7.72. The number of rotatable bonds is 3. The van der Waals surface area contributed by atoms with Crippen molar-refractivity contribution in [2.75, 3.05) is 20.2 Å². The minimum atomic E-state index is 0.331. The summed E-state index contributed by atoms with van der Waals surface area (Å²) < 4.78 is 5.39. The molecule has 1 aliphatic rings. The van der Waals surface area contributed by atoms with E-state index in [1.165, 1.54) is 5.56 Å². The monoisotopic (exact) mass is 220 g/mol. The highest BCUT2D eigenvalue weighted by atomic mass is 16.5. The first-order valence-electron chi connectivity index (χ1n) is 5.85. The van der Waals surface area contributed by atoms with Crippen LogP contribution in [0.1, 0.15) is 24.9 Å². The third kappa shape index (κ3) is 2.20. The van der Waals surface area contributed by atoms with Gasteiger partial charge in [-0.05, 0) is 19.4 Å². The van der Waals surface area contributed by atoms with Crippen LogP contribution < -0.4 is 10.5 Å². The van der Waals surface area contributed by atoms with Gasteiger partial charge < -0.3 is 10.5 Å². The lowest BCUT2D eigenvalue weighted by Gasteiger charge is -2.25. The molecule has 0 amide bonds. The maximum atomic E-state index is 5.94. The van der Waals surface area contributed by atoms with Gasteiger partial charge in [-0.1, -0.05) is 18.2 Å². The third-order valence-corrected chi connectivity index (χ3v) is 3.39. The molecule has 0 aromatic heterocycles. The minimum Gasteiger partial charge on any atom is -0.496 e. The first kappa shape index (κ1) is 11.4. The zero-order chi connectivity index (χ0) is 11.5. The van der Waals surface area contributed by atoms with Crippen molar-refractivity contribution in [2.24, 2.45) is 5.73 Å². The van der Waals surface area contributed by atoms with E-state index in [1.807, 2.05) is 12.1 Å². The van der Waals surface area contributed by atoms with Gasteiger partial charge in [-0.15, -0.1) is 0 Å². The fourth-order valence-electron chi connectivity index (χ4n) is 2.38. The molecular formula is C13H20N2O. The van der Waals surface area contributed by atoms with Crippen LogP contribution in [-0.4, -0.2) is 31.1 Å². The highest BCUT2D eigenvalue weighted by Crippen LogP contribution is 2.30. The van der Waals surface area contributed by atoms with Gasteiger partial charge in [0.1, 0.15) is 5.75 Å². The molecule has 0 radical (unpaired) electrons. The van der Waals surface area contributed by atoms with Crippen LogP contribution in [-0.2, 0) is 0 Å². The van der Waals surface area contributed by atoms with E-state index in [1.54, 1.807) is 7.11 Å². The highest BCUT2D eigenvalue weighted by molar-refractivity contribution is 5.35. The molecule has 0 aliphatic carbocycles. The van der Waals surface area contributed by atoms with E-state index in [0.29, 0.717) is 12.1 Å². The van der Waals surface area contributed by atoms with Crippen molar-refractivity contribution < 1.29 is 4.74 Å². The van der Waals surface area contributed by atoms with Gasteiger partial charge in [0, 0.05) is 30.7 Å². The number of hydrogen-bond acceptors (Lipinski definition) is 3. The molecule has 1 aromatic rings. The average Bonchev–Trinajstić information content (AvgIpc) is 2.75. The van der Waals surface area contributed by atoms with Crippen LogP contribution in [0.25, 0.3) is 0 Å². The van der Waals surface area contributed by atoms with Crippen LogP contribution in [0, 0.1) is 0 Å². The molecule has 2 atom stereocenters. The van der Waals surface area contributed by atoms with E-state index in [-0.39, 0.29) is 0 Å². The summed E-state index contributed by atoms with van der Waals surface area (Å²) in [7, 11) is 1.72. The van der Waals surface area contributed by atoms with Crippen LogP contribution in [0.4, 0.5) is 0 Å². The molecule has 1 fully saturated rings. The molecule has 2 rings (SSSR count). The summed E-state index contributed by atoms with van der Waals surface area (Å²) in [5.41, 5.74) is 7.19. The van der Waals surface area contributed by atoms with Gasteiger partial charge in [0.15, 0.2) is 0 Å². The fraction of sp³-hybridized carbons (Fsp3) is 0.538. The lowest BCUT2D eigenvalue weighted by molar-refractivity contribution is 0.253. The van der Waals surface area contributed by atoms with Gasteiger partial charge >= 0.3 is 0 Å². The minimum absolute atomic E-state index is 0.331. The largest absolute Gasteiger partial charge is 0.496 e. The summed E-state index contributed by atoms with van der Waals surface area (Å²) in [5.74, 6) is 0.968. The molecule has 1 heterocycles. The first-order valence-corrected chi connectivity index (χ1v) is 5.85. The summed E-state index contributed by atoms with van der Waals surface area (Å²) in [6.45, 7) is 4.29. The number of methoxy groups -OCH3 is 1. The van der Waals surface area contributed by atoms with Crippen molar-refractivity contribution in [3.8, 4) is 5.75 Å². The molecule has 1 saturated heterocycles. The van der Waals surface area contributed by atoms with E-state index < -0.39 is 0 Å². The van der Waals surface area contributed by atoms with Crippen LogP contribution in [0.15, 0.2) is 24.3 Å². The number of benzene rings is 1. The van der Waals surface area contributed by atoms with Crippen LogP contribution >= 0.6 is 0 Å². The normalized spacial score (nSPS) is 23.3. The van der Waals surface area contributed by atoms with Crippen LogP contribution in [0.5, 0.6) is 5.75 Å². The summed E-state index contributed by atoms with van der Waals surface area (Å²) >= 11 is 0. The number of likely N-dealkylation sites (tertiary alicyclic amines) is 1. The molecule has 0 bridgehead atoms. The molecule has 88 valence electrons. The number of nitrogens with zero attached hydrogens (tertiary/aromatic N) is 1. The van der Waals surface area contributed by atoms with Gasteiger partial charge in [-0.25, -0.2) is 0 Å². The summed E-state index contributed by atoms with van der Waals surface area (Å²) in [5, 5.41) is 0. The summed E-state index contributed by atoms with van der Waals surface area (Å²) in [6, 6.07) is 8.92. The molecule has 0 saturated carbocycles. The number of hydrogen-bond donors (Lipinski definition) is 1. The van der Waals surface area contributed by atoms with Gasteiger partial charge in [-0.2, -0.15) is 0 Å². The third-order valence-electron chi connectivity index (χ3n) is 3.39. The average molecular weight is 220 g/mol. The SMILES string of the molecule is COc1ccccc1[C@H](C)N1CC[C@H](N)C1. The van der Waals surface area contributed by atoms with Gasteiger partial charge in [0.2, 0.25) is 0 Å². The molecule has 0 unspecified atom stereocenters. The van der Waals surface area contributed by atoms with Gasteiger partial charge in [0.25, 0.3) is 0 Å². The lowest BCUT2D eigenvalue weighted by atomic mass is 10.1. The highest BCUT2D eigenvalue weighted by Gasteiger charge is 2.25. The Morgan fingerprint density at radius 3 is 2.81 bits per heavy atom. The second-order valence-electron chi connectivity index (χ2n) is 4.46.